The summed E-state index contributed by atoms with van der Waals surface area (Å²) in [5, 5.41) is 0. The second-order valence-electron chi connectivity index (χ2n) is 9.79. The third-order valence-electron chi connectivity index (χ3n) is 7.46. The van der Waals surface area contributed by atoms with Gasteiger partial charge in [0.05, 0.1) is 6.67 Å². The number of benzene rings is 1. The monoisotopic (exact) mass is 400 g/mol. The molecule has 2 aliphatic carbocycles. The lowest BCUT2D eigenvalue weighted by Crippen LogP contribution is -2.31. The number of aryl methyl sites for hydroxylation is 3. The van der Waals surface area contributed by atoms with Gasteiger partial charge in [0.1, 0.15) is 0 Å². The van der Waals surface area contributed by atoms with Crippen molar-refractivity contribution in [2.24, 2.45) is 0 Å². The van der Waals surface area contributed by atoms with Crippen LogP contribution in [0.4, 0.5) is 5.69 Å². The summed E-state index contributed by atoms with van der Waals surface area (Å²) in [6.07, 6.45) is 16.6. The van der Waals surface area contributed by atoms with Gasteiger partial charge in [-0.1, -0.05) is 64.1 Å². The first kappa shape index (κ1) is 20.7. The lowest BCUT2D eigenvalue weighted by atomic mass is 9.99. The van der Waals surface area contributed by atoms with Crippen molar-refractivity contribution in [2.75, 3.05) is 30.9 Å². The lowest BCUT2D eigenvalue weighted by Gasteiger charge is -2.40. The molecule has 3 aliphatic rings. The van der Waals surface area contributed by atoms with E-state index in [0.717, 1.165) is 18.0 Å². The van der Waals surface area contributed by atoms with E-state index in [1.54, 1.807) is 0 Å². The second-order valence-corrected chi connectivity index (χ2v) is 12.6. The highest BCUT2D eigenvalue weighted by Crippen LogP contribution is 2.56. The van der Waals surface area contributed by atoms with Crippen molar-refractivity contribution in [1.29, 1.82) is 0 Å². The number of anilines is 1. The number of hydrogen-bond acceptors (Lipinski definition) is 2. The third kappa shape index (κ3) is 4.76. The van der Waals surface area contributed by atoms with E-state index >= 15 is 0 Å². The zero-order valence-electron chi connectivity index (χ0n) is 18.6. The molecule has 0 bridgehead atoms. The Morgan fingerprint density at radius 3 is 1.86 bits per heavy atom. The molecule has 28 heavy (non-hydrogen) atoms. The van der Waals surface area contributed by atoms with Gasteiger partial charge in [-0.25, -0.2) is 0 Å². The van der Waals surface area contributed by atoms with Crippen molar-refractivity contribution in [3.05, 3.63) is 28.8 Å². The summed E-state index contributed by atoms with van der Waals surface area (Å²) < 4.78 is 0. The van der Waals surface area contributed by atoms with Gasteiger partial charge in [-0.2, -0.15) is 0 Å². The first-order valence-corrected chi connectivity index (χ1v) is 13.6. The Kier molecular flexibility index (Phi) is 7.00. The summed E-state index contributed by atoms with van der Waals surface area (Å²) in [7, 11) is 0.183. The van der Waals surface area contributed by atoms with Gasteiger partial charge < -0.3 is 4.90 Å². The average Bonchev–Trinajstić information content (AvgIpc) is 3.15. The van der Waals surface area contributed by atoms with Crippen molar-refractivity contribution in [1.82, 2.24) is 4.90 Å². The van der Waals surface area contributed by atoms with E-state index in [1.807, 2.05) is 0 Å². The zero-order valence-corrected chi connectivity index (χ0v) is 19.4. The molecular weight excluding hydrogens is 359 g/mol. The topological polar surface area (TPSA) is 6.48 Å². The molecule has 0 aromatic heterocycles. The van der Waals surface area contributed by atoms with E-state index in [0.29, 0.717) is 0 Å². The van der Waals surface area contributed by atoms with Gasteiger partial charge in [0, 0.05) is 25.1 Å². The largest absolute Gasteiger partial charge is 0.357 e. The molecule has 1 aromatic carbocycles. The molecule has 2 saturated carbocycles. The lowest BCUT2D eigenvalue weighted by molar-refractivity contribution is 0.390. The maximum atomic E-state index is 2.83. The molecule has 4 rings (SSSR count). The van der Waals surface area contributed by atoms with Crippen molar-refractivity contribution >= 4 is 13.6 Å². The summed E-state index contributed by atoms with van der Waals surface area (Å²) in [6.45, 7) is 10.5. The van der Waals surface area contributed by atoms with Gasteiger partial charge in [-0.3, -0.25) is 4.90 Å². The van der Waals surface area contributed by atoms with Crippen LogP contribution in [0, 0.1) is 20.8 Å². The van der Waals surface area contributed by atoms with Gasteiger partial charge in [0.25, 0.3) is 0 Å². The van der Waals surface area contributed by atoms with Crippen LogP contribution in [-0.4, -0.2) is 42.3 Å². The average molecular weight is 401 g/mol. The van der Waals surface area contributed by atoms with Gasteiger partial charge in [-0.15, -0.1) is 0 Å². The van der Waals surface area contributed by atoms with Crippen molar-refractivity contribution in [2.45, 2.75) is 96.3 Å². The summed E-state index contributed by atoms with van der Waals surface area (Å²) in [5.41, 5.74) is 7.97. The molecule has 1 aromatic rings. The SMILES string of the molecule is Cc1cc(C)c(N2CCN(CP(C3CCCCC3)C3CCCCC3)C2)c(C)c1. The van der Waals surface area contributed by atoms with Gasteiger partial charge in [0.15, 0.2) is 0 Å². The Balaban J connectivity index is 1.44. The Bertz CT molecular complexity index is 605. The van der Waals surface area contributed by atoms with Crippen LogP contribution in [-0.2, 0) is 0 Å². The van der Waals surface area contributed by atoms with Gasteiger partial charge >= 0.3 is 0 Å². The fourth-order valence-corrected chi connectivity index (χ4v) is 10.0. The zero-order chi connectivity index (χ0) is 19.5. The van der Waals surface area contributed by atoms with Crippen LogP contribution in [0.25, 0.3) is 0 Å². The fraction of sp³-hybridized carbons (Fsp3) is 0.760. The Morgan fingerprint density at radius 2 is 1.32 bits per heavy atom. The summed E-state index contributed by atoms with van der Waals surface area (Å²) in [5.74, 6) is 0. The maximum absolute atomic E-state index is 2.83. The number of rotatable bonds is 5. The molecule has 0 radical (unpaired) electrons. The van der Waals surface area contributed by atoms with E-state index in [9.17, 15) is 0 Å². The predicted octanol–water partition coefficient (Wildman–Crippen LogP) is 6.80. The molecule has 156 valence electrons. The Hall–Kier alpha value is -0.590. The molecule has 3 fully saturated rings. The van der Waals surface area contributed by atoms with Crippen molar-refractivity contribution < 1.29 is 0 Å². The highest BCUT2D eigenvalue weighted by atomic mass is 31.1. The third-order valence-corrected chi connectivity index (χ3v) is 11.1. The first-order chi connectivity index (χ1) is 13.6. The molecule has 0 amide bonds. The molecule has 1 aliphatic heterocycles. The van der Waals surface area contributed by atoms with E-state index in [2.05, 4.69) is 42.7 Å². The van der Waals surface area contributed by atoms with E-state index in [1.165, 1.54) is 106 Å². The van der Waals surface area contributed by atoms with Crippen LogP contribution in [0.3, 0.4) is 0 Å². The van der Waals surface area contributed by atoms with Crippen LogP contribution in [0.1, 0.15) is 80.9 Å². The minimum Gasteiger partial charge on any atom is -0.357 e. The Morgan fingerprint density at radius 1 is 0.786 bits per heavy atom. The molecule has 0 spiro atoms. The normalized spacial score (nSPS) is 23.1. The number of nitrogens with zero attached hydrogens (tertiary/aromatic N) is 2. The Labute approximate surface area is 174 Å². The highest BCUT2D eigenvalue weighted by Gasteiger charge is 2.34. The standard InChI is InChI=1S/C25H41N2P/c1-20-16-21(2)25(22(3)17-20)27-15-14-26(18-27)19-28(23-10-6-4-7-11-23)24-12-8-5-9-13-24/h16-17,23-24H,4-15,18-19H2,1-3H3. The summed E-state index contributed by atoms with van der Waals surface area (Å²) in [6, 6.07) is 4.73. The fourth-order valence-electron chi connectivity index (χ4n) is 6.20. The van der Waals surface area contributed by atoms with Crippen LogP contribution in [0.15, 0.2) is 12.1 Å². The molecule has 0 unspecified atom stereocenters. The van der Waals surface area contributed by atoms with E-state index in [-0.39, 0.29) is 7.92 Å². The first-order valence-electron chi connectivity index (χ1n) is 11.9. The minimum absolute atomic E-state index is 0.183. The van der Waals surface area contributed by atoms with Gasteiger partial charge in [-0.05, 0) is 68.9 Å². The summed E-state index contributed by atoms with van der Waals surface area (Å²) in [4.78, 5) is 5.49. The van der Waals surface area contributed by atoms with Crippen molar-refractivity contribution in [3.63, 3.8) is 0 Å². The summed E-state index contributed by atoms with van der Waals surface area (Å²) >= 11 is 0. The van der Waals surface area contributed by atoms with Crippen molar-refractivity contribution in [3.8, 4) is 0 Å². The quantitative estimate of drug-likeness (QED) is 0.502. The van der Waals surface area contributed by atoms with Crippen LogP contribution >= 0.6 is 7.92 Å². The molecular formula is C25H41N2P. The molecule has 0 atom stereocenters. The molecule has 2 nitrogen and oxygen atoms in total. The predicted molar refractivity (Wildman–Crippen MR) is 125 cm³/mol. The molecule has 1 heterocycles. The number of hydrogen-bond donors (Lipinski definition) is 0. The molecule has 3 heteroatoms. The van der Waals surface area contributed by atoms with Crippen LogP contribution < -0.4 is 4.90 Å². The van der Waals surface area contributed by atoms with E-state index < -0.39 is 0 Å². The molecule has 1 saturated heterocycles. The van der Waals surface area contributed by atoms with E-state index in [4.69, 9.17) is 0 Å². The molecule has 0 N–H and O–H groups in total. The second kappa shape index (κ2) is 9.48. The van der Waals surface area contributed by atoms with Crippen LogP contribution in [0.5, 0.6) is 0 Å². The van der Waals surface area contributed by atoms with Crippen LogP contribution in [0.2, 0.25) is 0 Å². The minimum atomic E-state index is 0.183. The van der Waals surface area contributed by atoms with Gasteiger partial charge in [0.2, 0.25) is 0 Å². The smallest absolute Gasteiger partial charge is 0.0711 e. The maximum Gasteiger partial charge on any atom is 0.0711 e. The highest BCUT2D eigenvalue weighted by molar-refractivity contribution is 7.59.